The lowest BCUT2D eigenvalue weighted by atomic mass is 9.83. The Morgan fingerprint density at radius 1 is 0.348 bits per heavy atom. The van der Waals surface area contributed by atoms with Crippen LogP contribution in [0.2, 0.25) is 0 Å². The van der Waals surface area contributed by atoms with E-state index in [4.69, 9.17) is 0 Å². The van der Waals surface area contributed by atoms with E-state index in [1.807, 2.05) is 85.8 Å². The lowest BCUT2D eigenvalue weighted by molar-refractivity contribution is -0.132. The van der Waals surface area contributed by atoms with Gasteiger partial charge in [-0.05, 0) is 159 Å². The maximum atomic E-state index is 11.8. The van der Waals surface area contributed by atoms with Crippen LogP contribution in [0, 0.1) is 20.8 Å². The number of carbonyl (C=O) groups is 4. The highest BCUT2D eigenvalue weighted by atomic mass is 16.4. The van der Waals surface area contributed by atoms with Gasteiger partial charge in [-0.1, -0.05) is 140 Å². The Kier molecular flexibility index (Phi) is 12.3. The summed E-state index contributed by atoms with van der Waals surface area (Å²) in [5.41, 5.74) is 17.0. The van der Waals surface area contributed by atoms with Crippen LogP contribution in [0.3, 0.4) is 0 Å². The van der Waals surface area contributed by atoms with Crippen LogP contribution in [0.1, 0.15) is 95.3 Å². The van der Waals surface area contributed by atoms with Gasteiger partial charge >= 0.3 is 23.9 Å². The molecule has 0 spiro atoms. The molecule has 0 bridgehead atoms. The van der Waals surface area contributed by atoms with Crippen molar-refractivity contribution in [3.05, 3.63) is 230 Å². The van der Waals surface area contributed by atoms with Gasteiger partial charge in [-0.25, -0.2) is 19.2 Å². The first-order valence-corrected chi connectivity index (χ1v) is 21.5. The molecule has 0 aromatic heterocycles. The van der Waals surface area contributed by atoms with Crippen molar-refractivity contribution in [1.29, 1.82) is 0 Å². The van der Waals surface area contributed by atoms with Crippen LogP contribution in [-0.4, -0.2) is 44.3 Å². The van der Waals surface area contributed by atoms with E-state index in [-0.39, 0.29) is 16.7 Å². The molecule has 0 radical (unpaired) electrons. The van der Waals surface area contributed by atoms with Gasteiger partial charge in [0.15, 0.2) is 0 Å². The molecule has 0 amide bonds. The number of rotatable bonds is 12. The van der Waals surface area contributed by atoms with Crippen molar-refractivity contribution < 1.29 is 39.6 Å². The SMILES string of the molecule is CC1=C(C(=O)O)CCC(c2ccc(C(=C(c3ccc(-c4ccc(C(=O)O)c(C)c4)cc3)c3ccc(-c4ccc(C(=O)O)c(C)c4)cc3)c3ccc(-c4ccc(C(=O)O)c(C)c4)cc3)cc2)=C1. The Balaban J connectivity index is 1.32. The van der Waals surface area contributed by atoms with Gasteiger partial charge in [0, 0.05) is 5.57 Å². The second-order valence-electron chi connectivity index (χ2n) is 16.7. The first-order chi connectivity index (χ1) is 31.7. The summed E-state index contributed by atoms with van der Waals surface area (Å²) in [4.78, 5) is 47.2. The number of hydrogen-bond donors (Lipinski definition) is 4. The van der Waals surface area contributed by atoms with Gasteiger partial charge in [0.1, 0.15) is 0 Å². The number of carboxylic acid groups (broad SMARTS) is 4. The Morgan fingerprint density at radius 2 is 0.636 bits per heavy atom. The van der Waals surface area contributed by atoms with E-state index in [2.05, 4.69) is 60.7 Å². The summed E-state index contributed by atoms with van der Waals surface area (Å²) in [6, 6.07) is 49.0. The molecule has 0 fully saturated rings. The van der Waals surface area contributed by atoms with Gasteiger partial charge in [0.25, 0.3) is 0 Å². The number of carboxylic acids is 4. The summed E-state index contributed by atoms with van der Waals surface area (Å²) in [6.07, 6.45) is 3.02. The van der Waals surface area contributed by atoms with Crippen LogP contribution in [0.25, 0.3) is 50.1 Å². The van der Waals surface area contributed by atoms with Gasteiger partial charge in [-0.15, -0.1) is 0 Å². The average molecular weight is 871 g/mol. The summed E-state index contributed by atoms with van der Waals surface area (Å²) < 4.78 is 0. The number of aryl methyl sites for hydroxylation is 3. The van der Waals surface area contributed by atoms with E-state index in [9.17, 15) is 39.6 Å². The fourth-order valence-corrected chi connectivity index (χ4v) is 8.88. The molecule has 8 heteroatoms. The summed E-state index contributed by atoms with van der Waals surface area (Å²) in [5, 5.41) is 38.7. The topological polar surface area (TPSA) is 149 Å². The van der Waals surface area contributed by atoms with Crippen LogP contribution in [0.5, 0.6) is 0 Å². The standard InChI is InChI=1S/C58H46O8/c1-33-29-45(21-25-49(33)55(59)60)37-5-13-41(14-6-37)53(42-15-7-38(8-16-42)46-22-26-50(56(61)62)34(2)30-46)54(43-17-9-39(10-18-43)47-23-27-51(57(63)64)35(3)31-47)44-19-11-40(12-20-44)48-24-28-52(58(65)66)36(4)32-48/h5-23,25-27,29-32H,24,28H2,1-4H3,(H,59,60)(H,61,62)(H,63,64)(H,65,66). The monoisotopic (exact) mass is 870 g/mol. The molecule has 0 unspecified atom stereocenters. The predicted molar refractivity (Wildman–Crippen MR) is 260 cm³/mol. The summed E-state index contributed by atoms with van der Waals surface area (Å²) in [7, 11) is 0. The third kappa shape index (κ3) is 9.03. The average Bonchev–Trinajstić information content (AvgIpc) is 3.30. The second kappa shape index (κ2) is 18.4. The van der Waals surface area contributed by atoms with Gasteiger partial charge in [0.2, 0.25) is 0 Å². The van der Waals surface area contributed by atoms with Crippen LogP contribution >= 0.6 is 0 Å². The first kappa shape index (κ1) is 44.3. The van der Waals surface area contributed by atoms with Crippen LogP contribution in [-0.2, 0) is 4.79 Å². The zero-order valence-corrected chi connectivity index (χ0v) is 36.8. The first-order valence-electron chi connectivity index (χ1n) is 21.5. The molecule has 8 rings (SSSR count). The molecule has 0 atom stereocenters. The van der Waals surface area contributed by atoms with E-state index in [0.717, 1.165) is 83.5 Å². The number of aromatic carboxylic acids is 3. The minimum Gasteiger partial charge on any atom is -0.478 e. The largest absolute Gasteiger partial charge is 0.478 e. The number of allylic oxidation sites excluding steroid dienone is 3. The second-order valence-corrected chi connectivity index (χ2v) is 16.7. The molecule has 1 aliphatic carbocycles. The van der Waals surface area contributed by atoms with Crippen LogP contribution < -0.4 is 0 Å². The zero-order chi connectivity index (χ0) is 46.8. The molecule has 0 saturated heterocycles. The van der Waals surface area contributed by atoms with E-state index in [1.54, 1.807) is 39.0 Å². The maximum absolute atomic E-state index is 11.8. The lowest BCUT2D eigenvalue weighted by Gasteiger charge is -2.20. The molecule has 66 heavy (non-hydrogen) atoms. The molecule has 0 saturated carbocycles. The van der Waals surface area contributed by atoms with Crippen molar-refractivity contribution >= 4 is 40.6 Å². The van der Waals surface area contributed by atoms with Crippen molar-refractivity contribution in [1.82, 2.24) is 0 Å². The van der Waals surface area contributed by atoms with Crippen LogP contribution in [0.4, 0.5) is 0 Å². The molecule has 0 heterocycles. The quantitative estimate of drug-likeness (QED) is 0.0887. The smallest absolute Gasteiger partial charge is 0.335 e. The van der Waals surface area contributed by atoms with Crippen molar-refractivity contribution in [3.8, 4) is 33.4 Å². The molecule has 7 aromatic carbocycles. The summed E-state index contributed by atoms with van der Waals surface area (Å²) in [6.45, 7) is 7.21. The van der Waals surface area contributed by atoms with Crippen molar-refractivity contribution in [3.63, 3.8) is 0 Å². The fourth-order valence-electron chi connectivity index (χ4n) is 8.88. The van der Waals surface area contributed by atoms with Crippen molar-refractivity contribution in [2.45, 2.75) is 40.5 Å². The minimum absolute atomic E-state index is 0.252. The van der Waals surface area contributed by atoms with E-state index in [1.165, 1.54) is 0 Å². The molecule has 1 aliphatic rings. The third-order valence-corrected chi connectivity index (χ3v) is 12.5. The number of benzene rings is 7. The zero-order valence-electron chi connectivity index (χ0n) is 36.8. The van der Waals surface area contributed by atoms with Crippen molar-refractivity contribution in [2.24, 2.45) is 0 Å². The molecular weight excluding hydrogens is 825 g/mol. The number of aliphatic carboxylic acids is 1. The number of hydrogen-bond acceptors (Lipinski definition) is 4. The Hall–Kier alpha value is -8.36. The molecule has 0 aliphatic heterocycles. The van der Waals surface area contributed by atoms with Crippen LogP contribution in [0.15, 0.2) is 169 Å². The highest BCUT2D eigenvalue weighted by Crippen LogP contribution is 2.40. The van der Waals surface area contributed by atoms with Gasteiger partial charge in [0.05, 0.1) is 16.7 Å². The van der Waals surface area contributed by atoms with Gasteiger partial charge < -0.3 is 20.4 Å². The predicted octanol–water partition coefficient (Wildman–Crippen LogP) is 13.3. The minimum atomic E-state index is -0.975. The highest BCUT2D eigenvalue weighted by molar-refractivity contribution is 6.05. The summed E-state index contributed by atoms with van der Waals surface area (Å²) in [5.74, 6) is -3.82. The molecular formula is C58H46O8. The van der Waals surface area contributed by atoms with E-state index >= 15 is 0 Å². The summed E-state index contributed by atoms with van der Waals surface area (Å²) >= 11 is 0. The van der Waals surface area contributed by atoms with Gasteiger partial charge in [-0.2, -0.15) is 0 Å². The van der Waals surface area contributed by atoms with Gasteiger partial charge in [-0.3, -0.25) is 0 Å². The Morgan fingerprint density at radius 3 is 0.894 bits per heavy atom. The van der Waals surface area contributed by atoms with Crippen molar-refractivity contribution in [2.75, 3.05) is 0 Å². The third-order valence-electron chi connectivity index (χ3n) is 12.5. The molecule has 7 aromatic rings. The highest BCUT2D eigenvalue weighted by Gasteiger charge is 2.21. The fraction of sp³-hybridized carbons (Fsp3) is 0.103. The van der Waals surface area contributed by atoms with E-state index in [0.29, 0.717) is 35.1 Å². The lowest BCUT2D eigenvalue weighted by Crippen LogP contribution is -2.07. The molecule has 326 valence electrons. The maximum Gasteiger partial charge on any atom is 0.335 e. The van der Waals surface area contributed by atoms with E-state index < -0.39 is 23.9 Å². The normalized spacial score (nSPS) is 12.3. The Labute approximate surface area is 382 Å². The molecule has 8 nitrogen and oxygen atoms in total. The Bertz CT molecular complexity index is 3070. The molecule has 4 N–H and O–H groups in total.